The van der Waals surface area contributed by atoms with E-state index in [1.807, 2.05) is 19.9 Å². The molecule has 0 atom stereocenters. The van der Waals surface area contributed by atoms with Crippen molar-refractivity contribution in [3.05, 3.63) is 34.5 Å². The topological polar surface area (TPSA) is 86.1 Å². The first-order chi connectivity index (χ1) is 14.5. The zero-order valence-electron chi connectivity index (χ0n) is 17.7. The number of aromatic nitrogens is 3. The number of anilines is 1. The van der Waals surface area contributed by atoms with Crippen molar-refractivity contribution in [3.8, 4) is 0 Å². The molecule has 2 aromatic heterocycles. The molecule has 1 amide bonds. The van der Waals surface area contributed by atoms with Gasteiger partial charge >= 0.3 is 5.97 Å². The van der Waals surface area contributed by atoms with Gasteiger partial charge in [0.15, 0.2) is 5.16 Å². The van der Waals surface area contributed by atoms with Gasteiger partial charge in [-0.1, -0.05) is 37.1 Å². The molecule has 3 rings (SSSR count). The molecule has 7 nitrogen and oxygen atoms in total. The van der Waals surface area contributed by atoms with E-state index in [2.05, 4.69) is 26.7 Å². The van der Waals surface area contributed by atoms with Gasteiger partial charge in [0.05, 0.1) is 18.4 Å². The minimum Gasteiger partial charge on any atom is -0.465 e. The van der Waals surface area contributed by atoms with E-state index in [9.17, 15) is 9.59 Å². The van der Waals surface area contributed by atoms with Crippen molar-refractivity contribution in [2.24, 2.45) is 0 Å². The van der Waals surface area contributed by atoms with Gasteiger partial charge in [0, 0.05) is 17.3 Å². The third-order valence-corrected chi connectivity index (χ3v) is 7.48. The SMILES string of the molecule is C=CCn1c(SCC(=O)Nc2sc(C)c(C)c2C(=O)OC)nnc1C1CCCCC1. The summed E-state index contributed by atoms with van der Waals surface area (Å²) in [6.45, 7) is 8.25. The summed E-state index contributed by atoms with van der Waals surface area (Å²) >= 11 is 2.73. The Morgan fingerprint density at radius 3 is 2.70 bits per heavy atom. The van der Waals surface area contributed by atoms with Crippen LogP contribution in [0.15, 0.2) is 17.8 Å². The lowest BCUT2D eigenvalue weighted by Gasteiger charge is -2.21. The summed E-state index contributed by atoms with van der Waals surface area (Å²) in [6.07, 6.45) is 7.82. The quantitative estimate of drug-likeness (QED) is 0.358. The Balaban J connectivity index is 1.69. The molecule has 1 aliphatic rings. The number of carbonyl (C=O) groups is 2. The van der Waals surface area contributed by atoms with E-state index >= 15 is 0 Å². The van der Waals surface area contributed by atoms with Gasteiger partial charge in [-0.25, -0.2) is 4.79 Å². The molecule has 0 radical (unpaired) electrons. The number of thioether (sulfide) groups is 1. The number of hydrogen-bond donors (Lipinski definition) is 1. The summed E-state index contributed by atoms with van der Waals surface area (Å²) in [6, 6.07) is 0. The van der Waals surface area contributed by atoms with Crippen LogP contribution in [-0.2, 0) is 16.1 Å². The Hall–Kier alpha value is -2.13. The van der Waals surface area contributed by atoms with Crippen molar-refractivity contribution in [2.45, 2.75) is 63.6 Å². The molecule has 0 spiro atoms. The van der Waals surface area contributed by atoms with Gasteiger partial charge in [-0.2, -0.15) is 0 Å². The molecule has 2 heterocycles. The molecule has 0 aliphatic heterocycles. The number of thiophene rings is 1. The minimum absolute atomic E-state index is 0.177. The van der Waals surface area contributed by atoms with Crippen LogP contribution in [0.3, 0.4) is 0 Å². The van der Waals surface area contributed by atoms with Crippen molar-refractivity contribution in [1.82, 2.24) is 14.8 Å². The van der Waals surface area contributed by atoms with Crippen LogP contribution in [0.4, 0.5) is 5.00 Å². The summed E-state index contributed by atoms with van der Waals surface area (Å²) < 4.78 is 6.93. The fourth-order valence-corrected chi connectivity index (χ4v) is 5.55. The van der Waals surface area contributed by atoms with Crippen molar-refractivity contribution in [2.75, 3.05) is 18.2 Å². The summed E-state index contributed by atoms with van der Waals surface area (Å²) in [5.41, 5.74) is 1.26. The molecular formula is C21H28N4O3S2. The third kappa shape index (κ3) is 4.95. The number of rotatable bonds is 8. The number of esters is 1. The molecule has 0 bridgehead atoms. The highest BCUT2D eigenvalue weighted by atomic mass is 32.2. The fraction of sp³-hybridized carbons (Fsp3) is 0.524. The highest BCUT2D eigenvalue weighted by Gasteiger charge is 2.24. The largest absolute Gasteiger partial charge is 0.465 e. The van der Waals surface area contributed by atoms with Gasteiger partial charge < -0.3 is 14.6 Å². The first kappa shape index (κ1) is 22.6. The summed E-state index contributed by atoms with van der Waals surface area (Å²) in [7, 11) is 1.34. The maximum Gasteiger partial charge on any atom is 0.341 e. The van der Waals surface area contributed by atoms with Crippen molar-refractivity contribution in [1.29, 1.82) is 0 Å². The fourth-order valence-electron chi connectivity index (χ4n) is 3.73. The molecule has 1 fully saturated rings. The molecule has 0 saturated heterocycles. The predicted octanol–water partition coefficient (Wildman–Crippen LogP) is 4.71. The van der Waals surface area contributed by atoms with Crippen LogP contribution in [0, 0.1) is 13.8 Å². The molecule has 9 heteroatoms. The number of nitrogens with zero attached hydrogens (tertiary/aromatic N) is 3. The zero-order valence-corrected chi connectivity index (χ0v) is 19.3. The second-order valence-corrected chi connectivity index (χ2v) is 9.56. The van der Waals surface area contributed by atoms with Crippen LogP contribution in [0.5, 0.6) is 0 Å². The van der Waals surface area contributed by atoms with Crippen LogP contribution in [0.2, 0.25) is 0 Å². The van der Waals surface area contributed by atoms with Crippen LogP contribution in [0.1, 0.15) is 64.6 Å². The standard InChI is InChI=1S/C21H28N4O3S2/c1-5-11-25-18(15-9-7-6-8-10-15)23-24-21(25)29-12-16(26)22-19-17(20(27)28-4)13(2)14(3)30-19/h5,15H,1,6-12H2,2-4H3,(H,22,26). The number of aryl methyl sites for hydroxylation is 1. The summed E-state index contributed by atoms with van der Waals surface area (Å²) in [5, 5.41) is 12.9. The number of nitrogens with one attached hydrogen (secondary N) is 1. The predicted molar refractivity (Wildman–Crippen MR) is 121 cm³/mol. The molecule has 1 saturated carbocycles. The van der Waals surface area contributed by atoms with Crippen molar-refractivity contribution >= 4 is 40.0 Å². The molecule has 1 aliphatic carbocycles. The first-order valence-corrected chi connectivity index (χ1v) is 11.9. The van der Waals surface area contributed by atoms with Crippen molar-refractivity contribution < 1.29 is 14.3 Å². The molecule has 0 aromatic carbocycles. The highest BCUT2D eigenvalue weighted by molar-refractivity contribution is 7.99. The van der Waals surface area contributed by atoms with E-state index in [1.54, 1.807) is 0 Å². The second-order valence-electron chi connectivity index (χ2n) is 7.39. The molecular weight excluding hydrogens is 420 g/mol. The summed E-state index contributed by atoms with van der Waals surface area (Å²) in [4.78, 5) is 25.7. The van der Waals surface area contributed by atoms with Gasteiger partial charge in [0.1, 0.15) is 10.8 Å². The second kappa shape index (κ2) is 10.3. The molecule has 162 valence electrons. The van der Waals surface area contributed by atoms with E-state index in [0.717, 1.165) is 34.3 Å². The van der Waals surface area contributed by atoms with Gasteiger partial charge in [-0.15, -0.1) is 28.1 Å². The third-order valence-electron chi connectivity index (χ3n) is 5.39. The average molecular weight is 449 g/mol. The van der Waals surface area contributed by atoms with E-state index in [0.29, 0.717) is 23.0 Å². The van der Waals surface area contributed by atoms with E-state index < -0.39 is 5.97 Å². The molecule has 2 aromatic rings. The lowest BCUT2D eigenvalue weighted by Crippen LogP contribution is -2.17. The number of carbonyl (C=O) groups excluding carboxylic acids is 2. The van der Waals surface area contributed by atoms with E-state index in [4.69, 9.17) is 4.74 Å². The van der Waals surface area contributed by atoms with Gasteiger partial charge in [0.25, 0.3) is 0 Å². The highest BCUT2D eigenvalue weighted by Crippen LogP contribution is 2.34. The normalized spacial score (nSPS) is 14.5. The maximum atomic E-state index is 12.6. The van der Waals surface area contributed by atoms with E-state index in [1.165, 1.54) is 49.5 Å². The lowest BCUT2D eigenvalue weighted by atomic mass is 9.89. The molecule has 30 heavy (non-hydrogen) atoms. The van der Waals surface area contributed by atoms with Crippen LogP contribution < -0.4 is 5.32 Å². The van der Waals surface area contributed by atoms with Crippen LogP contribution >= 0.6 is 23.1 Å². The summed E-state index contributed by atoms with van der Waals surface area (Å²) in [5.74, 6) is 0.960. The van der Waals surface area contributed by atoms with Crippen LogP contribution in [-0.4, -0.2) is 39.5 Å². The molecule has 0 unspecified atom stereocenters. The van der Waals surface area contributed by atoms with Gasteiger partial charge in [-0.05, 0) is 32.3 Å². The van der Waals surface area contributed by atoms with Crippen molar-refractivity contribution in [3.63, 3.8) is 0 Å². The first-order valence-electron chi connectivity index (χ1n) is 10.1. The number of hydrogen-bond acceptors (Lipinski definition) is 7. The number of amides is 1. The Bertz CT molecular complexity index is 929. The Morgan fingerprint density at radius 1 is 1.30 bits per heavy atom. The van der Waals surface area contributed by atoms with Gasteiger partial charge in [0.2, 0.25) is 5.91 Å². The average Bonchev–Trinajstić information content (AvgIpc) is 3.27. The smallest absolute Gasteiger partial charge is 0.341 e. The lowest BCUT2D eigenvalue weighted by molar-refractivity contribution is -0.113. The Morgan fingerprint density at radius 2 is 2.03 bits per heavy atom. The minimum atomic E-state index is -0.442. The Labute approximate surface area is 185 Å². The maximum absolute atomic E-state index is 12.6. The monoisotopic (exact) mass is 448 g/mol. The number of methoxy groups -OCH3 is 1. The van der Waals surface area contributed by atoms with E-state index in [-0.39, 0.29) is 11.7 Å². The van der Waals surface area contributed by atoms with Gasteiger partial charge in [-0.3, -0.25) is 4.79 Å². The zero-order chi connectivity index (χ0) is 21.7. The number of allylic oxidation sites excluding steroid dienone is 1. The number of ether oxygens (including phenoxy) is 1. The van der Waals surface area contributed by atoms with Crippen LogP contribution in [0.25, 0.3) is 0 Å². The Kier molecular flexibility index (Phi) is 7.71. The molecule has 1 N–H and O–H groups in total.